The Bertz CT molecular complexity index is 1890. The van der Waals surface area contributed by atoms with Gasteiger partial charge in [-0.1, -0.05) is 39.3 Å². The van der Waals surface area contributed by atoms with Crippen molar-refractivity contribution < 1.29 is 48.6 Å². The number of amides is 7. The maximum absolute atomic E-state index is 14.5. The molecule has 1 aliphatic heterocycles. The highest BCUT2D eigenvalue weighted by Gasteiger charge is 2.39. The fraction of sp³-hybridized carbons (Fsp3) is 0.628. The summed E-state index contributed by atoms with van der Waals surface area (Å²) in [6.45, 7) is 6.15. The van der Waals surface area contributed by atoms with Gasteiger partial charge in [-0.05, 0) is 81.4 Å². The molecule has 0 bridgehead atoms. The number of carbonyl (C=O) groups is 8. The van der Waals surface area contributed by atoms with Crippen LogP contribution in [0.4, 0.5) is 0 Å². The Morgan fingerprint density at radius 1 is 0.761 bits per heavy atom. The molecule has 6 atom stereocenters. The summed E-state index contributed by atoms with van der Waals surface area (Å²) in [5.74, 6) is -6.15. The van der Waals surface area contributed by atoms with E-state index < -0.39 is 96.7 Å². The van der Waals surface area contributed by atoms with Crippen molar-refractivity contribution in [3.8, 4) is 5.75 Å². The highest BCUT2D eigenvalue weighted by atomic mass is 16.4. The van der Waals surface area contributed by atoms with Gasteiger partial charge >= 0.3 is 5.97 Å². The molecular formula is C43H72N14O10. The zero-order valence-corrected chi connectivity index (χ0v) is 39.0. The number of hydrogen-bond donors (Lipinski definition) is 12. The molecule has 24 heteroatoms. The highest BCUT2D eigenvalue weighted by molar-refractivity contribution is 5.97. The number of aliphatic carboxylic acids is 1. The van der Waals surface area contributed by atoms with Crippen molar-refractivity contribution in [2.24, 2.45) is 44.6 Å². The fourth-order valence-corrected chi connectivity index (χ4v) is 7.30. The predicted octanol–water partition coefficient (Wildman–Crippen LogP) is -2.46. The minimum Gasteiger partial charge on any atom is -0.508 e. The molecule has 0 unspecified atom stereocenters. The number of guanidine groups is 2. The minimum atomic E-state index is -1.35. The SMILES string of the molecule is CCC[C@H](NC(=O)[C@H](CCCN=C(N)N)NC(=O)[C@@H]1CCCN1C(=O)[C@H](CCCN=C(N)N)NC(C)=O)C(=O)N(CC(=O)N[C@@H](CN)C(=O)N[C@@H](CCC(C)C)C(=O)O)Cc1ccc(O)cc1. The number of benzene rings is 1. The van der Waals surface area contributed by atoms with Crippen LogP contribution < -0.4 is 55.3 Å². The van der Waals surface area contributed by atoms with Crippen LogP contribution in [0.1, 0.15) is 97.5 Å². The molecule has 1 aromatic rings. The zero-order chi connectivity index (χ0) is 50.2. The molecule has 0 spiro atoms. The first-order valence-electron chi connectivity index (χ1n) is 22.6. The molecule has 1 aliphatic rings. The third kappa shape index (κ3) is 20.6. The molecule has 1 saturated heterocycles. The van der Waals surface area contributed by atoms with Crippen LogP contribution in [0, 0.1) is 5.92 Å². The molecule has 1 heterocycles. The summed E-state index contributed by atoms with van der Waals surface area (Å²) < 4.78 is 0. The van der Waals surface area contributed by atoms with Gasteiger partial charge in [0, 0.05) is 39.6 Å². The average Bonchev–Trinajstić information content (AvgIpc) is 3.76. The predicted molar refractivity (Wildman–Crippen MR) is 249 cm³/mol. The number of carboxylic acids is 1. The van der Waals surface area contributed by atoms with Gasteiger partial charge in [0.25, 0.3) is 0 Å². The zero-order valence-electron chi connectivity index (χ0n) is 39.0. The normalized spacial score (nSPS) is 15.4. The largest absolute Gasteiger partial charge is 0.508 e. The van der Waals surface area contributed by atoms with Crippen LogP contribution in [0.15, 0.2) is 34.3 Å². The molecular weight excluding hydrogens is 873 g/mol. The van der Waals surface area contributed by atoms with Gasteiger partial charge in [-0.2, -0.15) is 0 Å². The number of aliphatic imine (C=N–C) groups is 2. The van der Waals surface area contributed by atoms with Crippen LogP contribution >= 0.6 is 0 Å². The molecule has 1 fully saturated rings. The Morgan fingerprint density at radius 2 is 1.34 bits per heavy atom. The number of rotatable bonds is 29. The lowest BCUT2D eigenvalue weighted by atomic mass is 10.0. The van der Waals surface area contributed by atoms with Crippen molar-refractivity contribution in [2.45, 2.75) is 135 Å². The quantitative estimate of drug-likeness (QED) is 0.0225. The molecule has 0 aromatic heterocycles. The lowest BCUT2D eigenvalue weighted by Crippen LogP contribution is -2.59. The maximum atomic E-state index is 14.5. The summed E-state index contributed by atoms with van der Waals surface area (Å²) in [5.41, 5.74) is 28.2. The summed E-state index contributed by atoms with van der Waals surface area (Å²) in [6.07, 6.45) is 2.60. The lowest BCUT2D eigenvalue weighted by molar-refractivity contribution is -0.143. The number of likely N-dealkylation sites (tertiary alicyclic amines) is 1. The molecule has 374 valence electrons. The van der Waals surface area contributed by atoms with Crippen LogP contribution in [0.3, 0.4) is 0 Å². The van der Waals surface area contributed by atoms with E-state index in [1.807, 2.05) is 13.8 Å². The second kappa shape index (κ2) is 29.0. The Balaban J connectivity index is 2.39. The molecule has 0 aliphatic carbocycles. The number of nitrogens with two attached hydrogens (primary N) is 5. The minimum absolute atomic E-state index is 0.00371. The maximum Gasteiger partial charge on any atom is 0.326 e. The molecule has 0 saturated carbocycles. The highest BCUT2D eigenvalue weighted by Crippen LogP contribution is 2.21. The summed E-state index contributed by atoms with van der Waals surface area (Å²) in [7, 11) is 0. The topological polar surface area (TPSA) is 398 Å². The number of carboxylic acid groups (broad SMARTS) is 1. The van der Waals surface area contributed by atoms with Crippen molar-refractivity contribution in [1.29, 1.82) is 0 Å². The van der Waals surface area contributed by atoms with Gasteiger partial charge in [0.15, 0.2) is 11.9 Å². The van der Waals surface area contributed by atoms with Crippen molar-refractivity contribution in [2.75, 3.05) is 32.7 Å². The second-order valence-electron chi connectivity index (χ2n) is 16.8. The van der Waals surface area contributed by atoms with Crippen LogP contribution in [0.5, 0.6) is 5.75 Å². The number of aromatic hydroxyl groups is 1. The number of hydrogen-bond acceptors (Lipinski definition) is 12. The Kier molecular flexibility index (Phi) is 24.4. The van der Waals surface area contributed by atoms with E-state index in [2.05, 4.69) is 36.6 Å². The number of nitrogens with zero attached hydrogens (tertiary/aromatic N) is 4. The monoisotopic (exact) mass is 945 g/mol. The molecule has 7 amide bonds. The first-order valence-corrected chi connectivity index (χ1v) is 22.6. The molecule has 0 radical (unpaired) electrons. The van der Waals surface area contributed by atoms with Gasteiger partial charge in [0.2, 0.25) is 41.4 Å². The summed E-state index contributed by atoms with van der Waals surface area (Å²) in [4.78, 5) is 118. The second-order valence-corrected chi connectivity index (χ2v) is 16.8. The van der Waals surface area contributed by atoms with Crippen molar-refractivity contribution >= 4 is 59.2 Å². The van der Waals surface area contributed by atoms with E-state index in [1.165, 1.54) is 36.1 Å². The smallest absolute Gasteiger partial charge is 0.326 e. The van der Waals surface area contributed by atoms with E-state index in [0.717, 1.165) is 4.90 Å². The Hall–Kier alpha value is -6.72. The van der Waals surface area contributed by atoms with Crippen LogP contribution in [0.25, 0.3) is 0 Å². The Morgan fingerprint density at radius 3 is 1.88 bits per heavy atom. The molecule has 1 aromatic carbocycles. The third-order valence-corrected chi connectivity index (χ3v) is 10.7. The first kappa shape index (κ1) is 56.4. The van der Waals surface area contributed by atoms with E-state index in [1.54, 1.807) is 6.92 Å². The van der Waals surface area contributed by atoms with Gasteiger partial charge in [-0.25, -0.2) is 4.79 Å². The van der Waals surface area contributed by atoms with E-state index in [4.69, 9.17) is 28.7 Å². The lowest BCUT2D eigenvalue weighted by Gasteiger charge is -2.31. The van der Waals surface area contributed by atoms with Crippen molar-refractivity contribution in [3.05, 3.63) is 29.8 Å². The van der Waals surface area contributed by atoms with E-state index in [0.29, 0.717) is 31.2 Å². The van der Waals surface area contributed by atoms with Gasteiger partial charge in [-0.15, -0.1) is 0 Å². The van der Waals surface area contributed by atoms with E-state index in [9.17, 15) is 48.6 Å². The average molecular weight is 945 g/mol. The molecule has 24 nitrogen and oxygen atoms in total. The van der Waals surface area contributed by atoms with Crippen LogP contribution in [-0.4, -0.2) is 148 Å². The Labute approximate surface area is 391 Å². The molecule has 17 N–H and O–H groups in total. The number of carbonyl (C=O) groups excluding carboxylic acids is 7. The summed E-state index contributed by atoms with van der Waals surface area (Å²) in [5, 5.41) is 32.6. The number of phenolic OH excluding ortho intramolecular Hbond substituents is 1. The standard InChI is InChI=1S/C43H72N14O10/c1-5-9-30(39(64)56(23-27-14-16-28(59)17-15-27)24-35(60)52-33(22-44)37(62)55-32(41(66)67)18-13-25(2)3)54-36(61)29(10-6-19-49-42(45)46)53-38(63)34-12-8-21-57(34)40(65)31(51-26(4)58)11-7-20-50-43(47)48/h14-17,25,29-34,59H,5-13,18-24,44H2,1-4H3,(H,51,58)(H,52,60)(H,53,63)(H,54,61)(H,55,62)(H,66,67)(H4,45,46,49)(H4,47,48,50)/t29-,30-,31-,32-,33-,34-/m0/s1. The summed E-state index contributed by atoms with van der Waals surface area (Å²) >= 11 is 0. The molecule has 67 heavy (non-hydrogen) atoms. The third-order valence-electron chi connectivity index (χ3n) is 10.7. The van der Waals surface area contributed by atoms with E-state index >= 15 is 0 Å². The first-order chi connectivity index (χ1) is 31.7. The van der Waals surface area contributed by atoms with Gasteiger partial charge in [-0.3, -0.25) is 43.5 Å². The van der Waals surface area contributed by atoms with Crippen molar-refractivity contribution in [1.82, 2.24) is 36.4 Å². The number of nitrogens with one attached hydrogen (secondary N) is 5. The van der Waals surface area contributed by atoms with Gasteiger partial charge in [0.1, 0.15) is 42.0 Å². The van der Waals surface area contributed by atoms with Gasteiger partial charge in [0.05, 0.1) is 6.54 Å². The van der Waals surface area contributed by atoms with Crippen molar-refractivity contribution in [3.63, 3.8) is 0 Å². The van der Waals surface area contributed by atoms with Crippen LogP contribution in [0.2, 0.25) is 0 Å². The fourth-order valence-electron chi connectivity index (χ4n) is 7.30. The van der Waals surface area contributed by atoms with Crippen LogP contribution in [-0.2, 0) is 44.9 Å². The van der Waals surface area contributed by atoms with Gasteiger partial charge < -0.3 is 75.3 Å². The summed E-state index contributed by atoms with van der Waals surface area (Å²) in [6, 6.07) is -1.23. The number of phenols is 1. The van der Waals surface area contributed by atoms with E-state index in [-0.39, 0.29) is 88.3 Å². The molecule has 2 rings (SSSR count).